The molecule has 1 aromatic rings. The van der Waals surface area contributed by atoms with Crippen molar-refractivity contribution in [2.24, 2.45) is 0 Å². The van der Waals surface area contributed by atoms with E-state index >= 15 is 0 Å². The molecule has 3 heteroatoms. The normalized spacial score (nSPS) is 12.4. The number of carboxylic acids is 1. The average molecular weight is 233 g/mol. The Hall–Kier alpha value is -1.61. The second-order valence-corrected chi connectivity index (χ2v) is 4.01. The number of benzene rings is 1. The third-order valence-electron chi connectivity index (χ3n) is 2.81. The zero-order valence-corrected chi connectivity index (χ0v) is 10.2. The Morgan fingerprint density at radius 2 is 2.12 bits per heavy atom. The van der Waals surface area contributed by atoms with E-state index in [4.69, 9.17) is 5.11 Å². The highest BCUT2D eigenvalue weighted by Gasteiger charge is 2.14. The van der Waals surface area contributed by atoms with Crippen molar-refractivity contribution >= 4 is 5.97 Å². The predicted octanol–water partition coefficient (Wildman–Crippen LogP) is 2.71. The SMILES string of the molecule is C=CCN(CCC(=O)O)C(C)c1ccccc1. The number of aliphatic carboxylic acids is 1. The first kappa shape index (κ1) is 13.5. The van der Waals surface area contributed by atoms with Gasteiger partial charge in [-0.1, -0.05) is 36.4 Å². The lowest BCUT2D eigenvalue weighted by Crippen LogP contribution is -2.29. The van der Waals surface area contributed by atoms with E-state index in [0.717, 1.165) is 0 Å². The van der Waals surface area contributed by atoms with Crippen molar-refractivity contribution in [2.75, 3.05) is 13.1 Å². The van der Waals surface area contributed by atoms with Crippen LogP contribution in [0.2, 0.25) is 0 Å². The van der Waals surface area contributed by atoms with E-state index < -0.39 is 5.97 Å². The van der Waals surface area contributed by atoms with Gasteiger partial charge in [0.25, 0.3) is 0 Å². The maximum Gasteiger partial charge on any atom is 0.304 e. The third-order valence-corrected chi connectivity index (χ3v) is 2.81. The largest absolute Gasteiger partial charge is 0.481 e. The molecule has 0 aliphatic heterocycles. The highest BCUT2D eigenvalue weighted by molar-refractivity contribution is 5.66. The van der Waals surface area contributed by atoms with Gasteiger partial charge in [-0.2, -0.15) is 0 Å². The van der Waals surface area contributed by atoms with Gasteiger partial charge >= 0.3 is 5.97 Å². The van der Waals surface area contributed by atoms with Crippen LogP contribution in [-0.2, 0) is 4.79 Å². The first-order valence-corrected chi connectivity index (χ1v) is 5.77. The van der Waals surface area contributed by atoms with E-state index in [2.05, 4.69) is 30.5 Å². The lowest BCUT2D eigenvalue weighted by Gasteiger charge is -2.27. The van der Waals surface area contributed by atoms with Gasteiger partial charge in [-0.25, -0.2) is 0 Å². The minimum Gasteiger partial charge on any atom is -0.481 e. The Morgan fingerprint density at radius 1 is 1.47 bits per heavy atom. The number of nitrogens with zero attached hydrogens (tertiary/aromatic N) is 1. The quantitative estimate of drug-likeness (QED) is 0.736. The van der Waals surface area contributed by atoms with Crippen LogP contribution in [0.25, 0.3) is 0 Å². The summed E-state index contributed by atoms with van der Waals surface area (Å²) in [6, 6.07) is 10.3. The van der Waals surface area contributed by atoms with Crippen LogP contribution in [-0.4, -0.2) is 29.1 Å². The lowest BCUT2D eigenvalue weighted by atomic mass is 10.1. The second-order valence-electron chi connectivity index (χ2n) is 4.01. The zero-order valence-electron chi connectivity index (χ0n) is 10.2. The van der Waals surface area contributed by atoms with Gasteiger partial charge in [-0.05, 0) is 12.5 Å². The zero-order chi connectivity index (χ0) is 12.7. The smallest absolute Gasteiger partial charge is 0.304 e. The fourth-order valence-electron chi connectivity index (χ4n) is 1.79. The highest BCUT2D eigenvalue weighted by atomic mass is 16.4. The molecule has 0 aliphatic carbocycles. The molecule has 0 spiro atoms. The fourth-order valence-corrected chi connectivity index (χ4v) is 1.79. The van der Waals surface area contributed by atoms with Gasteiger partial charge in [0, 0.05) is 19.1 Å². The van der Waals surface area contributed by atoms with Crippen molar-refractivity contribution in [3.8, 4) is 0 Å². The number of hydrogen-bond acceptors (Lipinski definition) is 2. The van der Waals surface area contributed by atoms with E-state index in [9.17, 15) is 4.79 Å². The molecule has 1 unspecified atom stereocenters. The van der Waals surface area contributed by atoms with Crippen LogP contribution >= 0.6 is 0 Å². The summed E-state index contributed by atoms with van der Waals surface area (Å²) in [6.07, 6.45) is 1.96. The van der Waals surface area contributed by atoms with Gasteiger partial charge in [0.2, 0.25) is 0 Å². The summed E-state index contributed by atoms with van der Waals surface area (Å²) in [4.78, 5) is 12.7. The molecular weight excluding hydrogens is 214 g/mol. The van der Waals surface area contributed by atoms with Crippen molar-refractivity contribution in [3.05, 3.63) is 48.6 Å². The molecule has 0 aromatic heterocycles. The lowest BCUT2D eigenvalue weighted by molar-refractivity contribution is -0.137. The van der Waals surface area contributed by atoms with E-state index in [1.165, 1.54) is 5.56 Å². The highest BCUT2D eigenvalue weighted by Crippen LogP contribution is 2.19. The predicted molar refractivity (Wildman–Crippen MR) is 68.9 cm³/mol. The van der Waals surface area contributed by atoms with E-state index in [1.54, 1.807) is 6.08 Å². The molecule has 0 saturated carbocycles. The number of rotatable bonds is 7. The number of carboxylic acid groups (broad SMARTS) is 1. The Morgan fingerprint density at radius 3 is 2.65 bits per heavy atom. The summed E-state index contributed by atoms with van der Waals surface area (Å²) in [5.74, 6) is -0.765. The molecule has 0 fully saturated rings. The van der Waals surface area contributed by atoms with Crippen LogP contribution in [0, 0.1) is 0 Å². The molecule has 1 atom stereocenters. The molecule has 17 heavy (non-hydrogen) atoms. The molecule has 92 valence electrons. The Balaban J connectivity index is 2.69. The van der Waals surface area contributed by atoms with E-state index in [0.29, 0.717) is 13.1 Å². The van der Waals surface area contributed by atoms with Gasteiger partial charge < -0.3 is 5.11 Å². The molecule has 3 nitrogen and oxygen atoms in total. The molecular formula is C14H19NO2. The topological polar surface area (TPSA) is 40.5 Å². The van der Waals surface area contributed by atoms with Crippen LogP contribution in [0.15, 0.2) is 43.0 Å². The summed E-state index contributed by atoms with van der Waals surface area (Å²) in [7, 11) is 0. The molecule has 0 bridgehead atoms. The van der Waals surface area contributed by atoms with Crippen LogP contribution in [0.4, 0.5) is 0 Å². The van der Waals surface area contributed by atoms with Crippen LogP contribution in [0.1, 0.15) is 24.9 Å². The monoisotopic (exact) mass is 233 g/mol. The van der Waals surface area contributed by atoms with Crippen LogP contribution < -0.4 is 0 Å². The standard InChI is InChI=1S/C14H19NO2/c1-3-10-15(11-9-14(16)17)12(2)13-7-5-4-6-8-13/h3-8,12H,1,9-11H2,2H3,(H,16,17). The number of carbonyl (C=O) groups is 1. The van der Waals surface area contributed by atoms with E-state index in [-0.39, 0.29) is 12.5 Å². The van der Waals surface area contributed by atoms with Crippen LogP contribution in [0.5, 0.6) is 0 Å². The van der Waals surface area contributed by atoms with Crippen molar-refractivity contribution in [1.29, 1.82) is 0 Å². The Kier molecular flexibility index (Phi) is 5.43. The molecule has 1 N–H and O–H groups in total. The first-order chi connectivity index (χ1) is 8.15. The van der Waals surface area contributed by atoms with Gasteiger partial charge in [0.15, 0.2) is 0 Å². The molecule has 0 amide bonds. The van der Waals surface area contributed by atoms with Gasteiger partial charge in [-0.15, -0.1) is 6.58 Å². The van der Waals surface area contributed by atoms with Gasteiger partial charge in [0.1, 0.15) is 0 Å². The summed E-state index contributed by atoms with van der Waals surface area (Å²) >= 11 is 0. The van der Waals surface area contributed by atoms with E-state index in [1.807, 2.05) is 18.2 Å². The minimum absolute atomic E-state index is 0.158. The third kappa shape index (κ3) is 4.41. The maximum absolute atomic E-state index is 10.6. The molecule has 0 aliphatic rings. The summed E-state index contributed by atoms with van der Waals surface area (Å²) in [6.45, 7) is 7.04. The Bertz CT molecular complexity index is 362. The maximum atomic E-state index is 10.6. The van der Waals surface area contributed by atoms with Crippen molar-refractivity contribution < 1.29 is 9.90 Å². The van der Waals surface area contributed by atoms with Gasteiger partial charge in [0.05, 0.1) is 6.42 Å². The fraction of sp³-hybridized carbons (Fsp3) is 0.357. The average Bonchev–Trinajstić information content (AvgIpc) is 2.34. The summed E-state index contributed by atoms with van der Waals surface area (Å²) < 4.78 is 0. The van der Waals surface area contributed by atoms with Crippen molar-refractivity contribution in [2.45, 2.75) is 19.4 Å². The molecule has 1 aromatic carbocycles. The number of hydrogen-bond donors (Lipinski definition) is 1. The van der Waals surface area contributed by atoms with Crippen molar-refractivity contribution in [3.63, 3.8) is 0 Å². The Labute approximate surface area is 102 Å². The van der Waals surface area contributed by atoms with Crippen molar-refractivity contribution in [1.82, 2.24) is 4.90 Å². The molecule has 1 rings (SSSR count). The molecule has 0 radical (unpaired) electrons. The van der Waals surface area contributed by atoms with Gasteiger partial charge in [-0.3, -0.25) is 9.69 Å². The second kappa shape index (κ2) is 6.86. The first-order valence-electron chi connectivity index (χ1n) is 5.77. The molecule has 0 saturated heterocycles. The summed E-state index contributed by atoms with van der Waals surface area (Å²) in [5.41, 5.74) is 1.19. The van der Waals surface area contributed by atoms with Crippen LogP contribution in [0.3, 0.4) is 0 Å². The minimum atomic E-state index is -0.765. The molecule has 0 heterocycles. The summed E-state index contributed by atoms with van der Waals surface area (Å²) in [5, 5.41) is 8.73.